The van der Waals surface area contributed by atoms with E-state index in [2.05, 4.69) is 27.7 Å². The number of aromatic nitrogens is 1. The molecule has 0 atom stereocenters. The van der Waals surface area contributed by atoms with Crippen LogP contribution < -0.4 is 11.2 Å². The van der Waals surface area contributed by atoms with Crippen molar-refractivity contribution in [1.29, 1.82) is 0 Å². The minimum absolute atomic E-state index is 0.0166. The van der Waals surface area contributed by atoms with Gasteiger partial charge in [-0.25, -0.2) is 4.79 Å². The number of hydrazone groups is 1. The van der Waals surface area contributed by atoms with Crippen LogP contribution in [0.1, 0.15) is 16.1 Å². The number of fused-ring (bicyclic) bond motifs is 1. The summed E-state index contributed by atoms with van der Waals surface area (Å²) in [5.74, 6) is -1.05. The molecule has 0 aliphatic rings. The number of carbonyl (C=O) groups is 1. The highest BCUT2D eigenvalue weighted by Gasteiger charge is 2.14. The molecule has 6 nitrogen and oxygen atoms in total. The zero-order valence-electron chi connectivity index (χ0n) is 9.18. The van der Waals surface area contributed by atoms with E-state index in [0.29, 0.717) is 5.56 Å². The lowest BCUT2D eigenvalue weighted by Crippen LogP contribution is -2.24. The summed E-state index contributed by atoms with van der Waals surface area (Å²) in [4.78, 5) is 13.9. The molecule has 7 heteroatoms. The molecule has 0 bridgehead atoms. The summed E-state index contributed by atoms with van der Waals surface area (Å²) in [6.45, 7) is 0. The molecule has 0 aliphatic heterocycles. The minimum atomic E-state index is -1.05. The van der Waals surface area contributed by atoms with E-state index in [-0.39, 0.29) is 10.8 Å². The average Bonchev–Trinajstić information content (AvgIpc) is 2.68. The van der Waals surface area contributed by atoms with Gasteiger partial charge in [0.25, 0.3) is 0 Å². The number of H-pyrrole nitrogens is 1. The van der Waals surface area contributed by atoms with Gasteiger partial charge in [-0.05, 0) is 18.3 Å². The van der Waals surface area contributed by atoms with Crippen molar-refractivity contribution in [1.82, 2.24) is 10.4 Å². The minimum Gasteiger partial charge on any atom is -0.477 e. The number of thiocarbonyl (C=S) groups is 1. The first-order valence-corrected chi connectivity index (χ1v) is 5.43. The van der Waals surface area contributed by atoms with Crippen LogP contribution >= 0.6 is 12.2 Å². The maximum atomic E-state index is 11.1. The maximum absolute atomic E-state index is 11.1. The largest absolute Gasteiger partial charge is 0.477 e. The quantitative estimate of drug-likeness (QED) is 0.376. The second-order valence-corrected chi connectivity index (χ2v) is 3.94. The number of carboxylic acids is 1. The fourth-order valence-corrected chi connectivity index (χ4v) is 1.68. The van der Waals surface area contributed by atoms with E-state index in [9.17, 15) is 4.79 Å². The molecule has 1 aromatic carbocycles. The molecule has 2 rings (SSSR count). The Kier molecular flexibility index (Phi) is 3.24. The molecule has 92 valence electrons. The van der Waals surface area contributed by atoms with Crippen molar-refractivity contribution in [3.05, 3.63) is 35.5 Å². The predicted octanol–water partition coefficient (Wildman–Crippen LogP) is 1.03. The standard InChI is InChI=1S/C11H10N4O2S/c12-11(18)15-13-5-7-6-3-1-2-4-8(6)14-9(7)10(16)17/h1-5,14H,(H,16,17)(H3,12,15,18)/b13-5+. The second-order valence-electron chi connectivity index (χ2n) is 3.50. The topological polar surface area (TPSA) is 104 Å². The highest BCUT2D eigenvalue weighted by Crippen LogP contribution is 2.20. The molecular formula is C11H10N4O2S. The summed E-state index contributed by atoms with van der Waals surface area (Å²) in [5, 5.41) is 13.7. The van der Waals surface area contributed by atoms with Crippen LogP contribution in [0.2, 0.25) is 0 Å². The Morgan fingerprint density at radius 2 is 2.22 bits per heavy atom. The normalized spacial score (nSPS) is 10.9. The smallest absolute Gasteiger partial charge is 0.353 e. The molecule has 0 aliphatic carbocycles. The Bertz CT molecular complexity index is 648. The summed E-state index contributed by atoms with van der Waals surface area (Å²) >= 11 is 4.60. The van der Waals surface area contributed by atoms with Gasteiger partial charge in [-0.2, -0.15) is 5.10 Å². The Morgan fingerprint density at radius 1 is 1.50 bits per heavy atom. The van der Waals surface area contributed by atoms with Crippen LogP contribution in [0.25, 0.3) is 10.9 Å². The summed E-state index contributed by atoms with van der Waals surface area (Å²) in [6, 6.07) is 7.24. The van der Waals surface area contributed by atoms with Crippen molar-refractivity contribution in [2.45, 2.75) is 0 Å². The van der Waals surface area contributed by atoms with Crippen molar-refractivity contribution in [2.24, 2.45) is 10.8 Å². The number of aromatic carboxylic acids is 1. The molecule has 0 unspecified atom stereocenters. The van der Waals surface area contributed by atoms with Crippen molar-refractivity contribution in [3.8, 4) is 0 Å². The van der Waals surface area contributed by atoms with E-state index >= 15 is 0 Å². The van der Waals surface area contributed by atoms with Gasteiger partial charge in [0.15, 0.2) is 5.11 Å². The number of hydrogen-bond donors (Lipinski definition) is 4. The van der Waals surface area contributed by atoms with Gasteiger partial charge in [0.2, 0.25) is 0 Å². The highest BCUT2D eigenvalue weighted by molar-refractivity contribution is 7.80. The summed E-state index contributed by atoms with van der Waals surface area (Å²) in [7, 11) is 0. The summed E-state index contributed by atoms with van der Waals surface area (Å²) in [5.41, 5.74) is 8.89. The van der Waals surface area contributed by atoms with Crippen LogP contribution in [-0.4, -0.2) is 27.4 Å². The molecule has 5 N–H and O–H groups in total. The lowest BCUT2D eigenvalue weighted by atomic mass is 10.1. The van der Waals surface area contributed by atoms with Crippen molar-refractivity contribution < 1.29 is 9.90 Å². The first-order valence-electron chi connectivity index (χ1n) is 5.02. The zero-order valence-corrected chi connectivity index (χ0v) is 9.99. The van der Waals surface area contributed by atoms with Gasteiger partial charge in [0, 0.05) is 16.5 Å². The fourth-order valence-electron chi connectivity index (χ4n) is 1.63. The number of rotatable bonds is 3. The zero-order chi connectivity index (χ0) is 13.1. The van der Waals surface area contributed by atoms with Crippen LogP contribution in [-0.2, 0) is 0 Å². The van der Waals surface area contributed by atoms with E-state index in [4.69, 9.17) is 10.8 Å². The lowest BCUT2D eigenvalue weighted by Gasteiger charge is -1.95. The number of nitrogens with one attached hydrogen (secondary N) is 2. The van der Waals surface area contributed by atoms with Crippen molar-refractivity contribution in [3.63, 3.8) is 0 Å². The van der Waals surface area contributed by atoms with Crippen LogP contribution in [0.15, 0.2) is 29.4 Å². The van der Waals surface area contributed by atoms with E-state index in [1.807, 2.05) is 12.1 Å². The Morgan fingerprint density at radius 3 is 2.89 bits per heavy atom. The molecule has 0 saturated carbocycles. The molecule has 0 spiro atoms. The third-order valence-electron chi connectivity index (χ3n) is 2.33. The Labute approximate surface area is 107 Å². The highest BCUT2D eigenvalue weighted by atomic mass is 32.1. The third kappa shape index (κ3) is 2.30. The Balaban J connectivity index is 2.51. The SMILES string of the molecule is NC(=S)N/N=C/c1c(C(=O)O)[nH]c2ccccc12. The number of nitrogens with two attached hydrogens (primary N) is 1. The number of nitrogens with zero attached hydrogens (tertiary/aromatic N) is 1. The predicted molar refractivity (Wildman–Crippen MR) is 72.8 cm³/mol. The van der Waals surface area contributed by atoms with Gasteiger partial charge in [0.1, 0.15) is 5.69 Å². The van der Waals surface area contributed by atoms with Crippen LogP contribution in [0.3, 0.4) is 0 Å². The molecule has 0 fully saturated rings. The van der Waals surface area contributed by atoms with Gasteiger partial charge in [-0.3, -0.25) is 5.43 Å². The molecule has 0 amide bonds. The molecule has 18 heavy (non-hydrogen) atoms. The number of carboxylic acid groups (broad SMARTS) is 1. The van der Waals surface area contributed by atoms with Crippen molar-refractivity contribution in [2.75, 3.05) is 0 Å². The molecule has 0 saturated heterocycles. The van der Waals surface area contributed by atoms with E-state index in [1.165, 1.54) is 6.21 Å². The number of hydrogen-bond acceptors (Lipinski definition) is 3. The second kappa shape index (κ2) is 4.84. The van der Waals surface area contributed by atoms with Gasteiger partial charge in [0.05, 0.1) is 6.21 Å². The summed E-state index contributed by atoms with van der Waals surface area (Å²) < 4.78 is 0. The number of aromatic amines is 1. The maximum Gasteiger partial charge on any atom is 0.353 e. The van der Waals surface area contributed by atoms with E-state index in [0.717, 1.165) is 10.9 Å². The van der Waals surface area contributed by atoms with Gasteiger partial charge < -0.3 is 15.8 Å². The van der Waals surface area contributed by atoms with Gasteiger partial charge in [-0.1, -0.05) is 18.2 Å². The molecular weight excluding hydrogens is 252 g/mol. The molecule has 0 radical (unpaired) electrons. The first-order chi connectivity index (χ1) is 8.59. The first kappa shape index (κ1) is 12.1. The fraction of sp³-hybridized carbons (Fsp3) is 0. The number of para-hydroxylation sites is 1. The van der Waals surface area contributed by atoms with Crippen LogP contribution in [0.4, 0.5) is 0 Å². The third-order valence-corrected chi connectivity index (χ3v) is 2.42. The van der Waals surface area contributed by atoms with Crippen molar-refractivity contribution >= 4 is 40.4 Å². The molecule has 1 aromatic heterocycles. The van der Waals surface area contributed by atoms with Crippen LogP contribution in [0, 0.1) is 0 Å². The molecule has 2 aromatic rings. The monoisotopic (exact) mass is 262 g/mol. The van der Waals surface area contributed by atoms with E-state index < -0.39 is 5.97 Å². The lowest BCUT2D eigenvalue weighted by molar-refractivity contribution is 0.0691. The van der Waals surface area contributed by atoms with Crippen LogP contribution in [0.5, 0.6) is 0 Å². The molecule has 1 heterocycles. The number of benzene rings is 1. The van der Waals surface area contributed by atoms with E-state index in [1.54, 1.807) is 12.1 Å². The van der Waals surface area contributed by atoms with Gasteiger partial charge in [-0.15, -0.1) is 0 Å². The Hall–Kier alpha value is -2.41. The summed E-state index contributed by atoms with van der Waals surface area (Å²) in [6.07, 6.45) is 1.38. The van der Waals surface area contributed by atoms with Gasteiger partial charge >= 0.3 is 5.97 Å². The average molecular weight is 262 g/mol.